The van der Waals surface area contributed by atoms with Crippen LogP contribution in [0.3, 0.4) is 0 Å². The van der Waals surface area contributed by atoms with Gasteiger partial charge in [-0.05, 0) is 37.1 Å². The zero-order valence-corrected chi connectivity index (χ0v) is 22.8. The van der Waals surface area contributed by atoms with E-state index in [4.69, 9.17) is 22.1 Å². The maximum atomic E-state index is 14.6. The summed E-state index contributed by atoms with van der Waals surface area (Å²) in [6.45, 7) is 3.61. The van der Waals surface area contributed by atoms with Gasteiger partial charge in [0.2, 0.25) is 0 Å². The molecule has 0 aromatic heterocycles. The summed E-state index contributed by atoms with van der Waals surface area (Å²) in [6.07, 6.45) is -1.85. The van der Waals surface area contributed by atoms with Gasteiger partial charge >= 0.3 is 18.1 Å². The molecule has 1 unspecified atom stereocenters. The van der Waals surface area contributed by atoms with Crippen molar-refractivity contribution >= 4 is 42.4 Å². The van der Waals surface area contributed by atoms with Gasteiger partial charge in [-0.1, -0.05) is 83.9 Å². The van der Waals surface area contributed by atoms with Gasteiger partial charge < -0.3 is 22.1 Å². The van der Waals surface area contributed by atoms with Crippen LogP contribution in [-0.2, 0) is 38.3 Å². The number of carbonyl (C=O) groups is 3. The van der Waals surface area contributed by atoms with E-state index >= 15 is 0 Å². The molecule has 1 heterocycles. The SMILES string of the molecule is CCOC(=O)N1C(=[N+](C)Cc2ccccc2)N(c2ccccc2)C(=O)C([S-])(c2ccccc2)N1C(=O)OCC. The second-order valence-electron chi connectivity index (χ2n) is 8.65. The van der Waals surface area contributed by atoms with Gasteiger partial charge in [0.25, 0.3) is 5.91 Å². The largest absolute Gasteiger partial charge is 0.745 e. The van der Waals surface area contributed by atoms with E-state index in [1.807, 2.05) is 36.4 Å². The summed E-state index contributed by atoms with van der Waals surface area (Å²) >= 11 is 6.03. The highest BCUT2D eigenvalue weighted by molar-refractivity contribution is 7.61. The van der Waals surface area contributed by atoms with E-state index in [2.05, 4.69) is 0 Å². The molecule has 10 heteroatoms. The first-order valence-corrected chi connectivity index (χ1v) is 13.0. The van der Waals surface area contributed by atoms with Gasteiger partial charge in [-0.3, -0.25) is 9.37 Å². The minimum atomic E-state index is -2.08. The molecule has 1 atom stereocenters. The molecule has 1 aliphatic rings. The Balaban J connectivity index is 2.05. The van der Waals surface area contributed by atoms with Gasteiger partial charge in [0, 0.05) is 0 Å². The lowest BCUT2D eigenvalue weighted by Gasteiger charge is -2.52. The molecule has 3 aromatic rings. The Kier molecular flexibility index (Phi) is 8.55. The van der Waals surface area contributed by atoms with Crippen LogP contribution in [0.5, 0.6) is 0 Å². The fourth-order valence-corrected chi connectivity index (χ4v) is 4.76. The van der Waals surface area contributed by atoms with Gasteiger partial charge in [-0.25, -0.2) is 9.59 Å². The van der Waals surface area contributed by atoms with Crippen LogP contribution in [-0.4, -0.2) is 58.9 Å². The van der Waals surface area contributed by atoms with Crippen LogP contribution in [0, 0.1) is 0 Å². The average molecular weight is 547 g/mol. The molecule has 3 aromatic carbocycles. The highest BCUT2D eigenvalue weighted by Crippen LogP contribution is 2.39. The Morgan fingerprint density at radius 3 is 1.90 bits per heavy atom. The van der Waals surface area contributed by atoms with Crippen molar-refractivity contribution in [2.24, 2.45) is 0 Å². The number of guanidine groups is 1. The number of ether oxygens (including phenoxy) is 2. The zero-order chi connectivity index (χ0) is 28.0. The number of rotatable bonds is 6. The Hall–Kier alpha value is -4.31. The van der Waals surface area contributed by atoms with E-state index < -0.39 is 23.0 Å². The van der Waals surface area contributed by atoms with Gasteiger partial charge in [0.1, 0.15) is 5.69 Å². The Bertz CT molecular complexity index is 1350. The first-order chi connectivity index (χ1) is 18.8. The molecule has 202 valence electrons. The van der Waals surface area contributed by atoms with Crippen molar-refractivity contribution in [3.8, 4) is 0 Å². The third-order valence-electron chi connectivity index (χ3n) is 6.05. The van der Waals surface area contributed by atoms with E-state index in [9.17, 15) is 14.4 Å². The lowest BCUT2D eigenvalue weighted by Crippen LogP contribution is -2.75. The molecule has 4 rings (SSSR count). The van der Waals surface area contributed by atoms with E-state index in [0.29, 0.717) is 17.8 Å². The van der Waals surface area contributed by atoms with Gasteiger partial charge in [0.05, 0.1) is 31.7 Å². The van der Waals surface area contributed by atoms with Crippen LogP contribution in [0.1, 0.15) is 25.0 Å². The second-order valence-corrected chi connectivity index (χ2v) is 9.24. The molecular weight excluding hydrogens is 516 g/mol. The molecule has 9 nitrogen and oxygen atoms in total. The predicted octanol–water partition coefficient (Wildman–Crippen LogP) is 4.46. The van der Waals surface area contributed by atoms with Crippen LogP contribution in [0.2, 0.25) is 0 Å². The standard InChI is InChI=1S/C29H30N4O5S/c1-4-37-27(35)32-26(30(3)21-22-15-9-6-10-16-22)31(24-19-13-8-14-20-24)25(34)29(39,23-17-11-7-12-18-23)33(32)28(36)38-5-2/h6-20H,4-5,21H2,1-3H3. The normalized spacial score (nSPS) is 18.6. The number of hydrogen-bond acceptors (Lipinski definition) is 6. The molecule has 0 spiro atoms. The number of para-hydroxylation sites is 1. The van der Waals surface area contributed by atoms with Crippen molar-refractivity contribution in [2.45, 2.75) is 25.3 Å². The van der Waals surface area contributed by atoms with Crippen LogP contribution in [0.25, 0.3) is 0 Å². The molecule has 1 aliphatic heterocycles. The smallest absolute Gasteiger partial charge is 0.501 e. The Morgan fingerprint density at radius 1 is 0.821 bits per heavy atom. The molecule has 1 fully saturated rings. The van der Waals surface area contributed by atoms with E-state index in [1.165, 1.54) is 4.90 Å². The maximum absolute atomic E-state index is 14.6. The number of benzene rings is 3. The Morgan fingerprint density at radius 2 is 1.33 bits per heavy atom. The summed E-state index contributed by atoms with van der Waals surface area (Å²) in [7, 11) is 1.72. The number of nitrogens with zero attached hydrogens (tertiary/aromatic N) is 4. The third-order valence-corrected chi connectivity index (χ3v) is 6.63. The van der Waals surface area contributed by atoms with E-state index in [1.54, 1.807) is 80.1 Å². The molecule has 0 bridgehead atoms. The van der Waals surface area contributed by atoms with E-state index in [0.717, 1.165) is 15.6 Å². The highest BCUT2D eigenvalue weighted by atomic mass is 32.1. The fraction of sp³-hybridized carbons (Fsp3) is 0.241. The number of hydrogen-bond donors (Lipinski definition) is 0. The maximum Gasteiger partial charge on any atom is 0.501 e. The molecule has 1 saturated heterocycles. The first kappa shape index (κ1) is 27.7. The van der Waals surface area contributed by atoms with E-state index in [-0.39, 0.29) is 19.2 Å². The van der Waals surface area contributed by atoms with Gasteiger partial charge in [0.15, 0.2) is 0 Å². The van der Waals surface area contributed by atoms with Crippen LogP contribution >= 0.6 is 0 Å². The van der Waals surface area contributed by atoms with Crippen molar-refractivity contribution in [3.05, 3.63) is 102 Å². The van der Waals surface area contributed by atoms with Crippen molar-refractivity contribution in [1.82, 2.24) is 10.0 Å². The number of carbonyl (C=O) groups excluding carboxylic acids is 3. The first-order valence-electron chi connectivity index (χ1n) is 12.6. The third kappa shape index (κ3) is 5.33. The van der Waals surface area contributed by atoms with Crippen LogP contribution in [0.15, 0.2) is 91.0 Å². The number of anilines is 1. The molecular formula is C29H30N4O5S. The van der Waals surface area contributed by atoms with Gasteiger partial charge in [-0.15, -0.1) is 0 Å². The van der Waals surface area contributed by atoms with Crippen molar-refractivity contribution in [3.63, 3.8) is 0 Å². The summed E-state index contributed by atoms with van der Waals surface area (Å²) in [6, 6.07) is 26.8. The van der Waals surface area contributed by atoms with Gasteiger partial charge in [-0.2, -0.15) is 9.91 Å². The lowest BCUT2D eigenvalue weighted by atomic mass is 10.0. The monoisotopic (exact) mass is 546 g/mol. The minimum absolute atomic E-state index is 0.00200. The van der Waals surface area contributed by atoms with Crippen LogP contribution in [0.4, 0.5) is 15.3 Å². The van der Waals surface area contributed by atoms with Crippen LogP contribution < -0.4 is 4.90 Å². The summed E-state index contributed by atoms with van der Waals surface area (Å²) in [4.78, 5) is 41.2. The second kappa shape index (κ2) is 12.0. The topological polar surface area (TPSA) is 82.4 Å². The molecule has 0 radical (unpaired) electrons. The zero-order valence-electron chi connectivity index (χ0n) is 22.0. The predicted molar refractivity (Wildman–Crippen MR) is 148 cm³/mol. The summed E-state index contributed by atoms with van der Waals surface area (Å²) in [5.41, 5.74) is 1.69. The quantitative estimate of drug-likeness (QED) is 0.335. The lowest BCUT2D eigenvalue weighted by molar-refractivity contribution is -0.521. The molecule has 3 amide bonds. The van der Waals surface area contributed by atoms with Crippen molar-refractivity contribution < 1.29 is 28.4 Å². The van der Waals surface area contributed by atoms with Crippen molar-refractivity contribution in [2.75, 3.05) is 25.2 Å². The molecule has 0 aliphatic carbocycles. The highest BCUT2D eigenvalue weighted by Gasteiger charge is 2.60. The Labute approximate surface area is 233 Å². The molecule has 0 N–H and O–H groups in total. The average Bonchev–Trinajstić information content (AvgIpc) is 2.95. The molecule has 0 saturated carbocycles. The minimum Gasteiger partial charge on any atom is -0.745 e. The fourth-order valence-electron chi connectivity index (χ4n) is 4.38. The summed E-state index contributed by atoms with van der Waals surface area (Å²) in [5, 5.41) is 1.90. The summed E-state index contributed by atoms with van der Waals surface area (Å²) < 4.78 is 12.5. The molecule has 39 heavy (non-hydrogen) atoms. The van der Waals surface area contributed by atoms with Crippen molar-refractivity contribution in [1.29, 1.82) is 0 Å². The number of amides is 3. The number of hydrazine groups is 1. The summed E-state index contributed by atoms with van der Waals surface area (Å²) in [5.74, 6) is -0.559.